The Morgan fingerprint density at radius 3 is 2.42 bits per heavy atom. The quantitative estimate of drug-likeness (QED) is 0.726. The highest BCUT2D eigenvalue weighted by Gasteiger charge is 2.18. The highest BCUT2D eigenvalue weighted by molar-refractivity contribution is 6.30. The standard InChI is InChI=1S/C20H22ClN5/c21-17-3-1-16(2-4-17)20-19(15-5-8-22-9-6-15)18(24-25-20)7-12-26-13-10-23-11-14-26/h1-6,8-9,23H,7,10-14H2,(H,24,25). The molecule has 0 amide bonds. The Hall–Kier alpha value is -2.21. The maximum Gasteiger partial charge on any atom is 0.100 e. The lowest BCUT2D eigenvalue weighted by molar-refractivity contribution is 0.243. The van der Waals surface area contributed by atoms with Gasteiger partial charge in [0.2, 0.25) is 0 Å². The van der Waals surface area contributed by atoms with E-state index in [1.54, 1.807) is 0 Å². The van der Waals surface area contributed by atoms with Crippen LogP contribution in [-0.4, -0.2) is 52.8 Å². The van der Waals surface area contributed by atoms with Crippen LogP contribution in [-0.2, 0) is 6.42 Å². The molecule has 134 valence electrons. The predicted molar refractivity (Wildman–Crippen MR) is 105 cm³/mol. The minimum atomic E-state index is 0.730. The molecule has 0 atom stereocenters. The Kier molecular flexibility index (Phi) is 5.29. The van der Waals surface area contributed by atoms with Crippen molar-refractivity contribution in [3.05, 3.63) is 59.5 Å². The molecule has 1 saturated heterocycles. The lowest BCUT2D eigenvalue weighted by Crippen LogP contribution is -2.44. The van der Waals surface area contributed by atoms with Gasteiger partial charge in [-0.3, -0.25) is 10.1 Å². The molecule has 2 N–H and O–H groups in total. The molecule has 0 bridgehead atoms. The van der Waals surface area contributed by atoms with E-state index in [-0.39, 0.29) is 0 Å². The van der Waals surface area contributed by atoms with Gasteiger partial charge in [-0.2, -0.15) is 5.10 Å². The zero-order chi connectivity index (χ0) is 17.8. The van der Waals surface area contributed by atoms with Crippen molar-refractivity contribution in [2.24, 2.45) is 0 Å². The third-order valence-electron chi connectivity index (χ3n) is 4.82. The van der Waals surface area contributed by atoms with Crippen molar-refractivity contribution < 1.29 is 0 Å². The van der Waals surface area contributed by atoms with Gasteiger partial charge >= 0.3 is 0 Å². The Morgan fingerprint density at radius 1 is 0.962 bits per heavy atom. The molecule has 0 saturated carbocycles. The summed E-state index contributed by atoms with van der Waals surface area (Å²) in [5.74, 6) is 0. The van der Waals surface area contributed by atoms with E-state index in [0.29, 0.717) is 0 Å². The highest BCUT2D eigenvalue weighted by atomic mass is 35.5. The van der Waals surface area contributed by atoms with Gasteiger partial charge in [-0.15, -0.1) is 0 Å². The van der Waals surface area contributed by atoms with Crippen LogP contribution >= 0.6 is 11.6 Å². The molecule has 6 heteroatoms. The average Bonchev–Trinajstić information content (AvgIpc) is 3.12. The fourth-order valence-corrected chi connectivity index (χ4v) is 3.54. The second-order valence-electron chi connectivity index (χ2n) is 6.51. The van der Waals surface area contributed by atoms with Crippen molar-refractivity contribution in [3.8, 4) is 22.4 Å². The molecule has 1 aromatic carbocycles. The highest BCUT2D eigenvalue weighted by Crippen LogP contribution is 2.33. The van der Waals surface area contributed by atoms with E-state index >= 15 is 0 Å². The third-order valence-corrected chi connectivity index (χ3v) is 5.07. The number of piperazine rings is 1. The van der Waals surface area contributed by atoms with Crippen molar-refractivity contribution in [1.29, 1.82) is 0 Å². The maximum absolute atomic E-state index is 6.05. The molecule has 1 aliphatic heterocycles. The largest absolute Gasteiger partial charge is 0.314 e. The SMILES string of the molecule is Clc1ccc(-c2n[nH]c(CCN3CCNCC3)c2-c2ccncc2)cc1. The molecule has 3 aromatic rings. The van der Waals surface area contributed by atoms with Gasteiger partial charge < -0.3 is 10.2 Å². The molecule has 0 aliphatic carbocycles. The summed E-state index contributed by atoms with van der Waals surface area (Å²) in [5.41, 5.74) is 5.48. The molecule has 26 heavy (non-hydrogen) atoms. The predicted octanol–water partition coefficient (Wildman–Crippen LogP) is 3.24. The normalized spacial score (nSPS) is 15.3. The molecule has 0 unspecified atom stereocenters. The van der Waals surface area contributed by atoms with Crippen LogP contribution in [0.4, 0.5) is 0 Å². The Labute approximate surface area is 158 Å². The number of aromatic nitrogens is 3. The monoisotopic (exact) mass is 367 g/mol. The fourth-order valence-electron chi connectivity index (χ4n) is 3.41. The summed E-state index contributed by atoms with van der Waals surface area (Å²) in [6.45, 7) is 5.36. The number of nitrogens with zero attached hydrogens (tertiary/aromatic N) is 3. The Morgan fingerprint density at radius 2 is 1.69 bits per heavy atom. The van der Waals surface area contributed by atoms with Gasteiger partial charge in [0.25, 0.3) is 0 Å². The molecule has 0 radical (unpaired) electrons. The summed E-state index contributed by atoms with van der Waals surface area (Å²) < 4.78 is 0. The Balaban J connectivity index is 1.66. The lowest BCUT2D eigenvalue weighted by atomic mass is 9.98. The zero-order valence-electron chi connectivity index (χ0n) is 14.6. The summed E-state index contributed by atoms with van der Waals surface area (Å²) >= 11 is 6.05. The summed E-state index contributed by atoms with van der Waals surface area (Å²) in [5, 5.41) is 12.0. The van der Waals surface area contributed by atoms with Crippen LogP contribution in [0.25, 0.3) is 22.4 Å². The fraction of sp³-hybridized carbons (Fsp3) is 0.300. The second-order valence-corrected chi connectivity index (χ2v) is 6.95. The van der Waals surface area contributed by atoms with Crippen LogP contribution in [0.15, 0.2) is 48.8 Å². The van der Waals surface area contributed by atoms with E-state index in [1.807, 2.05) is 48.8 Å². The van der Waals surface area contributed by atoms with Gasteiger partial charge in [0.1, 0.15) is 5.69 Å². The van der Waals surface area contributed by atoms with E-state index in [0.717, 1.165) is 66.6 Å². The third kappa shape index (κ3) is 3.80. The number of hydrogen-bond acceptors (Lipinski definition) is 4. The number of hydrogen-bond donors (Lipinski definition) is 2. The van der Waals surface area contributed by atoms with E-state index < -0.39 is 0 Å². The van der Waals surface area contributed by atoms with Crippen LogP contribution in [0.1, 0.15) is 5.69 Å². The van der Waals surface area contributed by atoms with Gasteiger partial charge in [0, 0.05) is 73.4 Å². The van der Waals surface area contributed by atoms with Crippen LogP contribution in [0, 0.1) is 0 Å². The number of pyridine rings is 1. The summed E-state index contributed by atoms with van der Waals surface area (Å²) in [6, 6.07) is 11.9. The molecule has 2 aromatic heterocycles. The second kappa shape index (κ2) is 7.99. The van der Waals surface area contributed by atoms with Crippen LogP contribution < -0.4 is 5.32 Å². The minimum absolute atomic E-state index is 0.730. The number of benzene rings is 1. The maximum atomic E-state index is 6.05. The molecule has 1 aliphatic rings. The molecule has 3 heterocycles. The van der Waals surface area contributed by atoms with Gasteiger partial charge in [0.05, 0.1) is 0 Å². The minimum Gasteiger partial charge on any atom is -0.314 e. The van der Waals surface area contributed by atoms with E-state index in [1.165, 1.54) is 5.69 Å². The molecule has 0 spiro atoms. The van der Waals surface area contributed by atoms with E-state index in [9.17, 15) is 0 Å². The summed E-state index contributed by atoms with van der Waals surface area (Å²) in [6.07, 6.45) is 4.60. The molecule has 4 rings (SSSR count). The number of halogens is 1. The van der Waals surface area contributed by atoms with Crippen molar-refractivity contribution in [1.82, 2.24) is 25.4 Å². The van der Waals surface area contributed by atoms with Crippen LogP contribution in [0.3, 0.4) is 0 Å². The van der Waals surface area contributed by atoms with Crippen LogP contribution in [0.5, 0.6) is 0 Å². The van der Waals surface area contributed by atoms with Crippen molar-refractivity contribution in [2.75, 3.05) is 32.7 Å². The van der Waals surface area contributed by atoms with Gasteiger partial charge in [-0.1, -0.05) is 23.7 Å². The first-order valence-corrected chi connectivity index (χ1v) is 9.36. The summed E-state index contributed by atoms with van der Waals surface area (Å²) in [7, 11) is 0. The van der Waals surface area contributed by atoms with Gasteiger partial charge in [0.15, 0.2) is 0 Å². The lowest BCUT2D eigenvalue weighted by Gasteiger charge is -2.27. The number of nitrogens with one attached hydrogen (secondary N) is 2. The molecule has 1 fully saturated rings. The molecular formula is C20H22ClN5. The van der Waals surface area contributed by atoms with Crippen molar-refractivity contribution in [2.45, 2.75) is 6.42 Å². The average molecular weight is 368 g/mol. The van der Waals surface area contributed by atoms with Crippen molar-refractivity contribution >= 4 is 11.6 Å². The van der Waals surface area contributed by atoms with E-state index in [4.69, 9.17) is 11.6 Å². The smallest absolute Gasteiger partial charge is 0.100 e. The number of rotatable bonds is 5. The first kappa shape index (κ1) is 17.2. The van der Waals surface area contributed by atoms with Crippen LogP contribution in [0.2, 0.25) is 5.02 Å². The first-order chi connectivity index (χ1) is 12.8. The van der Waals surface area contributed by atoms with Gasteiger partial charge in [-0.25, -0.2) is 0 Å². The molecule has 5 nitrogen and oxygen atoms in total. The van der Waals surface area contributed by atoms with E-state index in [2.05, 4.69) is 25.4 Å². The van der Waals surface area contributed by atoms with Gasteiger partial charge in [-0.05, 0) is 29.8 Å². The topological polar surface area (TPSA) is 56.8 Å². The molecular weight excluding hydrogens is 346 g/mol. The van der Waals surface area contributed by atoms with Crippen molar-refractivity contribution in [3.63, 3.8) is 0 Å². The zero-order valence-corrected chi connectivity index (χ0v) is 15.3. The Bertz CT molecular complexity index is 838. The first-order valence-electron chi connectivity index (χ1n) is 8.98. The summed E-state index contributed by atoms with van der Waals surface area (Å²) in [4.78, 5) is 6.65. The number of H-pyrrole nitrogens is 1. The number of aromatic amines is 1.